The van der Waals surface area contributed by atoms with Crippen LogP contribution in [-0.2, 0) is 6.54 Å². The van der Waals surface area contributed by atoms with Crippen molar-refractivity contribution in [3.05, 3.63) is 58.2 Å². The fourth-order valence-corrected chi connectivity index (χ4v) is 2.99. The molecule has 3 nitrogen and oxygen atoms in total. The third-order valence-electron chi connectivity index (χ3n) is 3.38. The van der Waals surface area contributed by atoms with Gasteiger partial charge in [-0.05, 0) is 29.8 Å². The summed E-state index contributed by atoms with van der Waals surface area (Å²) in [5.74, 6) is 0.107. The molecule has 0 saturated carbocycles. The van der Waals surface area contributed by atoms with E-state index in [0.717, 1.165) is 10.9 Å². The van der Waals surface area contributed by atoms with E-state index in [1.807, 2.05) is 0 Å². The van der Waals surface area contributed by atoms with Crippen molar-refractivity contribution in [1.29, 1.82) is 0 Å². The van der Waals surface area contributed by atoms with Crippen LogP contribution in [0.4, 0.5) is 8.78 Å². The number of alkyl halides is 2. The number of fused-ring (bicyclic) bond motifs is 1. The van der Waals surface area contributed by atoms with Gasteiger partial charge in [0.25, 0.3) is 0 Å². The smallest absolute Gasteiger partial charge is 0.387 e. The number of nitrogens with zero attached hydrogens (tertiary/aromatic N) is 1. The van der Waals surface area contributed by atoms with Crippen molar-refractivity contribution in [2.24, 2.45) is 0 Å². The summed E-state index contributed by atoms with van der Waals surface area (Å²) in [5.41, 5.74) is 0.810. The number of ether oxygens (including phenoxy) is 1. The Balaban J connectivity index is 1.89. The van der Waals surface area contributed by atoms with Gasteiger partial charge in [0.2, 0.25) is 5.88 Å². The molecular weight excluding hydrogens is 347 g/mol. The van der Waals surface area contributed by atoms with Crippen molar-refractivity contribution in [2.75, 3.05) is 0 Å². The molecule has 3 rings (SSSR count). The Labute approximate surface area is 140 Å². The summed E-state index contributed by atoms with van der Waals surface area (Å²) in [5, 5.41) is 12.4. The lowest BCUT2D eigenvalue weighted by Gasteiger charge is -2.07. The number of halogens is 4. The second-order valence-corrected chi connectivity index (χ2v) is 5.80. The Kier molecular flexibility index (Phi) is 4.33. The largest absolute Gasteiger partial charge is 0.494 e. The van der Waals surface area contributed by atoms with Gasteiger partial charge in [-0.25, -0.2) is 0 Å². The molecule has 0 bridgehead atoms. The third kappa shape index (κ3) is 3.35. The van der Waals surface area contributed by atoms with Gasteiger partial charge in [0.1, 0.15) is 5.75 Å². The maximum atomic E-state index is 12.1. The van der Waals surface area contributed by atoms with Gasteiger partial charge in [0.15, 0.2) is 0 Å². The van der Waals surface area contributed by atoms with E-state index in [9.17, 15) is 13.9 Å². The highest BCUT2D eigenvalue weighted by Gasteiger charge is 2.13. The first-order valence-electron chi connectivity index (χ1n) is 6.64. The average molecular weight is 358 g/mol. The summed E-state index contributed by atoms with van der Waals surface area (Å²) < 4.78 is 30.2. The molecule has 0 unspecified atom stereocenters. The minimum absolute atomic E-state index is 0.0228. The van der Waals surface area contributed by atoms with E-state index < -0.39 is 6.61 Å². The van der Waals surface area contributed by atoms with E-state index in [0.29, 0.717) is 22.0 Å². The summed E-state index contributed by atoms with van der Waals surface area (Å²) in [6.07, 6.45) is 1.73. The highest BCUT2D eigenvalue weighted by Crippen LogP contribution is 2.36. The summed E-state index contributed by atoms with van der Waals surface area (Å²) in [6, 6.07) is 9.47. The zero-order valence-electron chi connectivity index (χ0n) is 11.6. The Morgan fingerprint density at radius 2 is 1.83 bits per heavy atom. The first-order valence-corrected chi connectivity index (χ1v) is 7.40. The molecule has 2 aromatic carbocycles. The number of aromatic nitrogens is 1. The maximum Gasteiger partial charge on any atom is 0.387 e. The van der Waals surface area contributed by atoms with Crippen molar-refractivity contribution in [3.63, 3.8) is 0 Å². The van der Waals surface area contributed by atoms with Crippen LogP contribution in [-0.4, -0.2) is 16.3 Å². The van der Waals surface area contributed by atoms with Gasteiger partial charge in [0, 0.05) is 16.6 Å². The molecule has 0 atom stereocenters. The highest BCUT2D eigenvalue weighted by molar-refractivity contribution is 6.39. The number of hydrogen-bond donors (Lipinski definition) is 1. The highest BCUT2D eigenvalue weighted by atomic mass is 35.5. The van der Waals surface area contributed by atoms with Gasteiger partial charge in [-0.3, -0.25) is 0 Å². The van der Waals surface area contributed by atoms with Gasteiger partial charge in [0.05, 0.1) is 17.0 Å². The second-order valence-electron chi connectivity index (χ2n) is 4.95. The van der Waals surface area contributed by atoms with Crippen LogP contribution in [0.15, 0.2) is 42.6 Å². The fraction of sp³-hybridized carbons (Fsp3) is 0.125. The standard InChI is InChI=1S/C16H11Cl2F2NO2/c17-11-5-10-8-21(15(22)14(10)13(18)6-11)7-9-1-3-12(4-2-9)23-16(19)20/h1-6,8,16,22H,7H2. The summed E-state index contributed by atoms with van der Waals surface area (Å²) in [6.45, 7) is -2.50. The molecule has 3 aromatic rings. The lowest BCUT2D eigenvalue weighted by molar-refractivity contribution is -0.0498. The van der Waals surface area contributed by atoms with Crippen molar-refractivity contribution in [2.45, 2.75) is 13.2 Å². The normalized spacial score (nSPS) is 11.3. The molecule has 0 amide bonds. The predicted molar refractivity (Wildman–Crippen MR) is 85.8 cm³/mol. The molecule has 1 N–H and O–H groups in total. The molecule has 120 valence electrons. The molecule has 0 fully saturated rings. The van der Waals surface area contributed by atoms with Gasteiger partial charge in [-0.2, -0.15) is 8.78 Å². The molecule has 1 aromatic heterocycles. The van der Waals surface area contributed by atoms with Crippen LogP contribution in [0.3, 0.4) is 0 Å². The molecule has 1 heterocycles. The maximum absolute atomic E-state index is 12.1. The molecule has 0 radical (unpaired) electrons. The zero-order chi connectivity index (χ0) is 16.6. The lowest BCUT2D eigenvalue weighted by Crippen LogP contribution is -2.02. The van der Waals surface area contributed by atoms with E-state index in [1.165, 1.54) is 12.1 Å². The Morgan fingerprint density at radius 3 is 2.48 bits per heavy atom. The van der Waals surface area contributed by atoms with E-state index in [2.05, 4.69) is 4.74 Å². The van der Waals surface area contributed by atoms with E-state index in [4.69, 9.17) is 23.2 Å². The monoisotopic (exact) mass is 357 g/mol. The van der Waals surface area contributed by atoms with Gasteiger partial charge in [-0.1, -0.05) is 35.3 Å². The van der Waals surface area contributed by atoms with Crippen molar-refractivity contribution < 1.29 is 18.6 Å². The second kappa shape index (κ2) is 6.26. The topological polar surface area (TPSA) is 34.4 Å². The molecule has 0 aliphatic heterocycles. The van der Waals surface area contributed by atoms with Crippen molar-refractivity contribution in [1.82, 2.24) is 4.57 Å². The number of hydrogen-bond acceptors (Lipinski definition) is 2. The molecule has 7 heteroatoms. The Hall–Kier alpha value is -1.98. The van der Waals surface area contributed by atoms with Crippen LogP contribution in [0.25, 0.3) is 10.8 Å². The van der Waals surface area contributed by atoms with Crippen LogP contribution in [0.1, 0.15) is 5.56 Å². The first kappa shape index (κ1) is 15.9. The minimum atomic E-state index is -2.86. The number of aromatic hydroxyl groups is 1. The van der Waals surface area contributed by atoms with Crippen molar-refractivity contribution in [3.8, 4) is 11.6 Å². The van der Waals surface area contributed by atoms with Crippen LogP contribution >= 0.6 is 23.2 Å². The lowest BCUT2D eigenvalue weighted by atomic mass is 10.2. The fourth-order valence-electron chi connectivity index (χ4n) is 2.40. The van der Waals surface area contributed by atoms with E-state index >= 15 is 0 Å². The molecule has 0 aliphatic rings. The molecule has 0 aliphatic carbocycles. The minimum Gasteiger partial charge on any atom is -0.494 e. The number of benzene rings is 2. The van der Waals surface area contributed by atoms with E-state index in [-0.39, 0.29) is 11.6 Å². The van der Waals surface area contributed by atoms with Gasteiger partial charge in [-0.15, -0.1) is 0 Å². The van der Waals surface area contributed by atoms with Gasteiger partial charge >= 0.3 is 6.61 Å². The Bertz CT molecular complexity index is 847. The van der Waals surface area contributed by atoms with Gasteiger partial charge < -0.3 is 14.4 Å². The molecule has 23 heavy (non-hydrogen) atoms. The van der Waals surface area contributed by atoms with Crippen LogP contribution in [0, 0.1) is 0 Å². The number of rotatable bonds is 4. The summed E-state index contributed by atoms with van der Waals surface area (Å²) in [4.78, 5) is 0. The first-order chi connectivity index (χ1) is 10.9. The van der Waals surface area contributed by atoms with Crippen LogP contribution in [0.5, 0.6) is 11.6 Å². The zero-order valence-corrected chi connectivity index (χ0v) is 13.2. The average Bonchev–Trinajstić information content (AvgIpc) is 2.76. The molecule has 0 saturated heterocycles. The quantitative estimate of drug-likeness (QED) is 0.687. The third-order valence-corrected chi connectivity index (χ3v) is 3.89. The van der Waals surface area contributed by atoms with Crippen LogP contribution in [0.2, 0.25) is 10.0 Å². The van der Waals surface area contributed by atoms with Crippen LogP contribution < -0.4 is 4.74 Å². The Morgan fingerprint density at radius 1 is 1.13 bits per heavy atom. The SMILES string of the molecule is Oc1c2c(Cl)cc(Cl)cc2cn1Cc1ccc(OC(F)F)cc1. The van der Waals surface area contributed by atoms with E-state index in [1.54, 1.807) is 35.0 Å². The summed E-state index contributed by atoms with van der Waals surface area (Å²) >= 11 is 12.1. The molecular formula is C16H11Cl2F2NO2. The summed E-state index contributed by atoms with van der Waals surface area (Å²) in [7, 11) is 0. The predicted octanol–water partition coefficient (Wildman–Crippen LogP) is 5.30. The van der Waals surface area contributed by atoms with Crippen molar-refractivity contribution >= 4 is 34.0 Å². The molecule has 0 spiro atoms.